The van der Waals surface area contributed by atoms with E-state index in [0.717, 1.165) is 29.2 Å². The van der Waals surface area contributed by atoms with Gasteiger partial charge < -0.3 is 5.32 Å². The van der Waals surface area contributed by atoms with Gasteiger partial charge in [0.15, 0.2) is 11.6 Å². The number of aromatic nitrogens is 1. The van der Waals surface area contributed by atoms with Crippen molar-refractivity contribution in [1.82, 2.24) is 10.3 Å². The second kappa shape index (κ2) is 7.61. The lowest BCUT2D eigenvalue weighted by Gasteiger charge is -2.19. The molecule has 1 aromatic carbocycles. The highest BCUT2D eigenvalue weighted by Crippen LogP contribution is 2.23. The van der Waals surface area contributed by atoms with E-state index in [-0.39, 0.29) is 6.04 Å². The topological polar surface area (TPSA) is 24.9 Å². The van der Waals surface area contributed by atoms with Gasteiger partial charge in [0.1, 0.15) is 0 Å². The number of nitrogens with one attached hydrogen (secondary N) is 1. The van der Waals surface area contributed by atoms with Gasteiger partial charge in [-0.15, -0.1) is 0 Å². The molecule has 2 aromatic rings. The van der Waals surface area contributed by atoms with Crippen LogP contribution in [0, 0.1) is 11.6 Å². The predicted octanol–water partition coefficient (Wildman–Crippen LogP) is 4.41. The minimum Gasteiger partial charge on any atom is -0.310 e. The quantitative estimate of drug-likeness (QED) is 0.831. The first-order valence-corrected chi connectivity index (χ1v) is 7.68. The summed E-state index contributed by atoms with van der Waals surface area (Å²) in [5, 5.41) is 3.26. The zero-order valence-corrected chi connectivity index (χ0v) is 13.3. The highest BCUT2D eigenvalue weighted by Gasteiger charge is 2.18. The fraction of sp³-hybridized carbons (Fsp3) is 0.312. The first kappa shape index (κ1) is 16.0. The zero-order chi connectivity index (χ0) is 15.2. The molecule has 0 saturated heterocycles. The number of rotatable bonds is 6. The van der Waals surface area contributed by atoms with Crippen LogP contribution >= 0.6 is 15.9 Å². The summed E-state index contributed by atoms with van der Waals surface area (Å²) in [5.74, 6) is -1.61. The number of benzene rings is 1. The van der Waals surface area contributed by atoms with Crippen molar-refractivity contribution in [3.05, 3.63) is 63.9 Å². The van der Waals surface area contributed by atoms with Gasteiger partial charge in [-0.1, -0.05) is 19.1 Å². The normalized spacial score (nSPS) is 12.4. The number of pyridine rings is 1. The van der Waals surface area contributed by atoms with E-state index in [1.807, 2.05) is 19.1 Å². The van der Waals surface area contributed by atoms with Crippen LogP contribution in [0.5, 0.6) is 0 Å². The first-order valence-electron chi connectivity index (χ1n) is 6.89. The maximum Gasteiger partial charge on any atom is 0.163 e. The molecule has 112 valence electrons. The lowest BCUT2D eigenvalue weighted by molar-refractivity contribution is 0.457. The van der Waals surface area contributed by atoms with Crippen molar-refractivity contribution in [2.75, 3.05) is 6.54 Å². The van der Waals surface area contributed by atoms with Gasteiger partial charge in [0.05, 0.1) is 0 Å². The third kappa shape index (κ3) is 4.32. The lowest BCUT2D eigenvalue weighted by Crippen LogP contribution is -2.25. The van der Waals surface area contributed by atoms with Crippen LogP contribution in [-0.2, 0) is 6.42 Å². The predicted molar refractivity (Wildman–Crippen MR) is 83.0 cm³/mol. The Morgan fingerprint density at radius 2 is 2.05 bits per heavy atom. The molecule has 0 aliphatic carbocycles. The molecule has 0 spiro atoms. The van der Waals surface area contributed by atoms with E-state index in [1.54, 1.807) is 12.3 Å². The number of nitrogens with zero attached hydrogens (tertiary/aromatic N) is 1. The lowest BCUT2D eigenvalue weighted by atomic mass is 10.0. The molecule has 0 radical (unpaired) electrons. The van der Waals surface area contributed by atoms with Crippen molar-refractivity contribution >= 4 is 15.9 Å². The van der Waals surface area contributed by atoms with Crippen LogP contribution in [0.3, 0.4) is 0 Å². The van der Waals surface area contributed by atoms with Crippen molar-refractivity contribution in [1.29, 1.82) is 0 Å². The SMILES string of the molecule is CCCNC(Cc1ccc(Br)cn1)c1cccc(F)c1F. The van der Waals surface area contributed by atoms with E-state index >= 15 is 0 Å². The number of hydrogen-bond acceptors (Lipinski definition) is 2. The molecule has 0 bridgehead atoms. The average Bonchev–Trinajstić information content (AvgIpc) is 2.48. The summed E-state index contributed by atoms with van der Waals surface area (Å²) in [6.07, 6.45) is 3.13. The van der Waals surface area contributed by atoms with Crippen LogP contribution < -0.4 is 5.32 Å². The van der Waals surface area contributed by atoms with E-state index in [0.29, 0.717) is 12.0 Å². The Hall–Kier alpha value is -1.33. The third-order valence-corrected chi connectivity index (χ3v) is 3.67. The fourth-order valence-electron chi connectivity index (χ4n) is 2.14. The summed E-state index contributed by atoms with van der Waals surface area (Å²) in [5.41, 5.74) is 1.17. The molecule has 1 unspecified atom stereocenters. The average molecular weight is 355 g/mol. The highest BCUT2D eigenvalue weighted by molar-refractivity contribution is 9.10. The molecule has 1 atom stereocenters. The van der Waals surface area contributed by atoms with Crippen LogP contribution in [0.15, 0.2) is 41.0 Å². The van der Waals surface area contributed by atoms with Crippen LogP contribution in [-0.4, -0.2) is 11.5 Å². The van der Waals surface area contributed by atoms with E-state index in [9.17, 15) is 8.78 Å². The molecule has 0 aliphatic rings. The molecular formula is C16H17BrF2N2. The van der Waals surface area contributed by atoms with Crippen molar-refractivity contribution in [2.24, 2.45) is 0 Å². The maximum atomic E-state index is 14.0. The summed E-state index contributed by atoms with van der Waals surface area (Å²) in [6, 6.07) is 7.75. The molecule has 21 heavy (non-hydrogen) atoms. The molecule has 2 rings (SSSR count). The van der Waals surface area contributed by atoms with Gasteiger partial charge in [-0.05, 0) is 47.1 Å². The molecule has 1 aromatic heterocycles. The minimum absolute atomic E-state index is 0.297. The Morgan fingerprint density at radius 1 is 1.24 bits per heavy atom. The van der Waals surface area contributed by atoms with Crippen LogP contribution in [0.25, 0.3) is 0 Å². The Kier molecular flexibility index (Phi) is 5.82. The highest BCUT2D eigenvalue weighted by atomic mass is 79.9. The van der Waals surface area contributed by atoms with Crippen LogP contribution in [0.1, 0.15) is 30.6 Å². The molecule has 1 heterocycles. The number of hydrogen-bond donors (Lipinski definition) is 1. The second-order valence-corrected chi connectivity index (χ2v) is 5.74. The first-order chi connectivity index (χ1) is 10.1. The van der Waals surface area contributed by atoms with E-state index in [2.05, 4.69) is 26.2 Å². The van der Waals surface area contributed by atoms with Crippen molar-refractivity contribution in [2.45, 2.75) is 25.8 Å². The molecule has 0 saturated carbocycles. The molecule has 0 aliphatic heterocycles. The maximum absolute atomic E-state index is 14.0. The largest absolute Gasteiger partial charge is 0.310 e. The standard InChI is InChI=1S/C16H17BrF2N2/c1-2-8-20-15(9-12-7-6-11(17)10-21-12)13-4-3-5-14(18)16(13)19/h3-7,10,15,20H,2,8-9H2,1H3. The summed E-state index contributed by atoms with van der Waals surface area (Å²) < 4.78 is 28.3. The monoisotopic (exact) mass is 354 g/mol. The smallest absolute Gasteiger partial charge is 0.163 e. The van der Waals surface area contributed by atoms with Crippen molar-refractivity contribution in [3.63, 3.8) is 0 Å². The van der Waals surface area contributed by atoms with Gasteiger partial charge in [-0.25, -0.2) is 8.78 Å². The molecular weight excluding hydrogens is 338 g/mol. The Morgan fingerprint density at radius 3 is 2.71 bits per heavy atom. The minimum atomic E-state index is -0.820. The Bertz CT molecular complexity index is 587. The molecule has 2 nitrogen and oxygen atoms in total. The Labute approximate surface area is 131 Å². The summed E-state index contributed by atoms with van der Waals surface area (Å²) in [4.78, 5) is 4.30. The van der Waals surface area contributed by atoms with Crippen LogP contribution in [0.2, 0.25) is 0 Å². The van der Waals surface area contributed by atoms with Gasteiger partial charge in [0.25, 0.3) is 0 Å². The van der Waals surface area contributed by atoms with E-state index in [1.165, 1.54) is 6.07 Å². The summed E-state index contributed by atoms with van der Waals surface area (Å²) >= 11 is 3.33. The molecule has 0 amide bonds. The van der Waals surface area contributed by atoms with E-state index < -0.39 is 11.6 Å². The molecule has 5 heteroatoms. The van der Waals surface area contributed by atoms with Gasteiger partial charge in [0.2, 0.25) is 0 Å². The van der Waals surface area contributed by atoms with Gasteiger partial charge >= 0.3 is 0 Å². The molecule has 1 N–H and O–H groups in total. The van der Waals surface area contributed by atoms with Crippen molar-refractivity contribution in [3.8, 4) is 0 Å². The molecule has 0 fully saturated rings. The van der Waals surface area contributed by atoms with Crippen molar-refractivity contribution < 1.29 is 8.78 Å². The second-order valence-electron chi connectivity index (χ2n) is 4.82. The zero-order valence-electron chi connectivity index (χ0n) is 11.7. The third-order valence-electron chi connectivity index (χ3n) is 3.20. The van der Waals surface area contributed by atoms with E-state index in [4.69, 9.17) is 0 Å². The van der Waals surface area contributed by atoms with Crippen LogP contribution in [0.4, 0.5) is 8.78 Å². The van der Waals surface area contributed by atoms with Gasteiger partial charge in [-0.3, -0.25) is 4.98 Å². The Balaban J connectivity index is 2.25. The summed E-state index contributed by atoms with van der Waals surface area (Å²) in [6.45, 7) is 2.76. The van der Waals surface area contributed by atoms with Gasteiger partial charge in [-0.2, -0.15) is 0 Å². The number of halogens is 3. The fourth-order valence-corrected chi connectivity index (χ4v) is 2.37. The van der Waals surface area contributed by atoms with Gasteiger partial charge in [0, 0.05) is 34.4 Å². The summed E-state index contributed by atoms with van der Waals surface area (Å²) in [7, 11) is 0.